The molecule has 0 spiro atoms. The fourth-order valence-corrected chi connectivity index (χ4v) is 7.66. The van der Waals surface area contributed by atoms with Crippen molar-refractivity contribution in [2.45, 2.75) is 251 Å². The number of rotatable bonds is 40. The standard InChI is InChI=1S/C43H85NO5S/c1-3-5-7-9-11-13-15-17-19-20-21-22-23-24-25-26-28-30-32-34-36-38-42(45)41(40-50(47,48)49)44-43(46)39-37-35-33-31-29-27-18-16-14-12-10-8-6-4-2/h36,38,41-42,45H,3-35,37,39-40H2,1-2H3,(H,44,46)(H,47,48,49)/b38-36+. The molecule has 0 aromatic heterocycles. The molecule has 0 bridgehead atoms. The second-order valence-corrected chi connectivity index (χ2v) is 16.8. The highest BCUT2D eigenvalue weighted by molar-refractivity contribution is 7.85. The zero-order chi connectivity index (χ0) is 36.8. The minimum atomic E-state index is -4.34. The van der Waals surface area contributed by atoms with Crippen molar-refractivity contribution in [3.8, 4) is 0 Å². The quantitative estimate of drug-likeness (QED) is 0.0331. The Balaban J connectivity index is 3.83. The van der Waals surface area contributed by atoms with Crippen molar-refractivity contribution in [1.82, 2.24) is 5.32 Å². The second-order valence-electron chi connectivity index (χ2n) is 15.3. The van der Waals surface area contributed by atoms with Crippen LogP contribution in [0.25, 0.3) is 0 Å². The summed E-state index contributed by atoms with van der Waals surface area (Å²) < 4.78 is 32.5. The molecule has 0 aromatic rings. The van der Waals surface area contributed by atoms with Crippen molar-refractivity contribution in [2.75, 3.05) is 5.75 Å². The summed E-state index contributed by atoms with van der Waals surface area (Å²) in [4.78, 5) is 12.5. The number of allylic oxidation sites excluding steroid dienone is 1. The van der Waals surface area contributed by atoms with Crippen LogP contribution in [-0.4, -0.2) is 41.9 Å². The molecule has 50 heavy (non-hydrogen) atoms. The molecule has 0 rings (SSSR count). The average molecular weight is 728 g/mol. The van der Waals surface area contributed by atoms with Crippen LogP contribution in [0.1, 0.15) is 239 Å². The molecule has 2 atom stereocenters. The summed E-state index contributed by atoms with van der Waals surface area (Å²) in [5.74, 6) is -0.966. The molecule has 0 aliphatic carbocycles. The van der Waals surface area contributed by atoms with Crippen LogP contribution in [-0.2, 0) is 14.9 Å². The van der Waals surface area contributed by atoms with Gasteiger partial charge in [0.2, 0.25) is 5.91 Å². The number of hydrogen-bond acceptors (Lipinski definition) is 4. The molecule has 0 saturated heterocycles. The zero-order valence-corrected chi connectivity index (χ0v) is 34.1. The van der Waals surface area contributed by atoms with Gasteiger partial charge in [-0.15, -0.1) is 0 Å². The Kier molecular flexibility index (Phi) is 37.1. The first-order valence-electron chi connectivity index (χ1n) is 21.9. The van der Waals surface area contributed by atoms with Gasteiger partial charge in [-0.25, -0.2) is 0 Å². The van der Waals surface area contributed by atoms with E-state index in [2.05, 4.69) is 19.2 Å². The molecule has 0 aliphatic rings. The zero-order valence-electron chi connectivity index (χ0n) is 33.3. The normalized spacial score (nSPS) is 13.3. The molecule has 7 heteroatoms. The van der Waals surface area contributed by atoms with E-state index in [4.69, 9.17) is 0 Å². The molecule has 0 aliphatic heterocycles. The third kappa shape index (κ3) is 38.3. The Morgan fingerprint density at radius 3 is 1.14 bits per heavy atom. The lowest BCUT2D eigenvalue weighted by Gasteiger charge is -2.21. The van der Waals surface area contributed by atoms with Crippen molar-refractivity contribution in [3.05, 3.63) is 12.2 Å². The van der Waals surface area contributed by atoms with E-state index >= 15 is 0 Å². The highest BCUT2D eigenvalue weighted by Gasteiger charge is 2.24. The van der Waals surface area contributed by atoms with Gasteiger partial charge < -0.3 is 10.4 Å². The minimum Gasteiger partial charge on any atom is -0.387 e. The Labute approximate surface area is 312 Å². The molecule has 2 unspecified atom stereocenters. The fraction of sp³-hybridized carbons (Fsp3) is 0.930. The summed E-state index contributed by atoms with van der Waals surface area (Å²) in [6.45, 7) is 4.54. The fourth-order valence-electron chi connectivity index (χ4n) is 6.92. The summed E-state index contributed by atoms with van der Waals surface area (Å²) in [7, 11) is -4.34. The topological polar surface area (TPSA) is 104 Å². The van der Waals surface area contributed by atoms with Gasteiger partial charge in [0.05, 0.1) is 17.9 Å². The van der Waals surface area contributed by atoms with E-state index in [0.717, 1.165) is 38.5 Å². The number of carbonyl (C=O) groups excluding carboxylic acids is 1. The molecule has 3 N–H and O–H groups in total. The Hall–Kier alpha value is -0.920. The maximum atomic E-state index is 12.5. The number of carbonyl (C=O) groups is 1. The molecule has 0 heterocycles. The molecule has 0 aromatic carbocycles. The van der Waals surface area contributed by atoms with Crippen LogP contribution in [0.5, 0.6) is 0 Å². The third-order valence-electron chi connectivity index (χ3n) is 10.2. The first kappa shape index (κ1) is 49.1. The molecule has 0 radical (unpaired) electrons. The lowest BCUT2D eigenvalue weighted by Crippen LogP contribution is -2.46. The molecule has 0 saturated carbocycles. The van der Waals surface area contributed by atoms with Crippen molar-refractivity contribution in [2.24, 2.45) is 0 Å². The SMILES string of the molecule is CCCCCCCCCCCCCCCCCCCCC/C=C/C(O)C(CS(=O)(=O)O)NC(=O)CCCCCCCCCCCCCCCC. The van der Waals surface area contributed by atoms with Crippen molar-refractivity contribution >= 4 is 16.0 Å². The highest BCUT2D eigenvalue weighted by atomic mass is 32.2. The highest BCUT2D eigenvalue weighted by Crippen LogP contribution is 2.16. The molecule has 6 nitrogen and oxygen atoms in total. The van der Waals surface area contributed by atoms with Crippen molar-refractivity contribution in [1.29, 1.82) is 0 Å². The second kappa shape index (κ2) is 37.8. The first-order valence-corrected chi connectivity index (χ1v) is 23.5. The number of amides is 1. The van der Waals surface area contributed by atoms with E-state index in [-0.39, 0.29) is 5.91 Å². The lowest BCUT2D eigenvalue weighted by molar-refractivity contribution is -0.122. The molecule has 0 fully saturated rings. The Morgan fingerprint density at radius 1 is 0.520 bits per heavy atom. The van der Waals surface area contributed by atoms with Crippen molar-refractivity contribution in [3.63, 3.8) is 0 Å². The van der Waals surface area contributed by atoms with Gasteiger partial charge in [-0.05, 0) is 19.3 Å². The Bertz CT molecular complexity index is 846. The van der Waals surface area contributed by atoms with Crippen LogP contribution < -0.4 is 5.32 Å². The van der Waals surface area contributed by atoms with Crippen LogP contribution >= 0.6 is 0 Å². The van der Waals surface area contributed by atoms with Crippen LogP contribution in [0.3, 0.4) is 0 Å². The monoisotopic (exact) mass is 728 g/mol. The number of unbranched alkanes of at least 4 members (excludes halogenated alkanes) is 32. The maximum Gasteiger partial charge on any atom is 0.267 e. The molecule has 298 valence electrons. The third-order valence-corrected chi connectivity index (χ3v) is 11.0. The van der Waals surface area contributed by atoms with Gasteiger partial charge in [-0.1, -0.05) is 225 Å². The molecule has 1 amide bonds. The number of aliphatic hydroxyl groups excluding tert-OH is 1. The molecular formula is C43H85NO5S. The summed E-state index contributed by atoms with van der Waals surface area (Å²) in [6, 6.07) is -1.05. The van der Waals surface area contributed by atoms with E-state index in [1.807, 2.05) is 6.08 Å². The molecular weight excluding hydrogens is 643 g/mol. The van der Waals surface area contributed by atoms with Crippen LogP contribution in [0.4, 0.5) is 0 Å². The number of hydrogen-bond donors (Lipinski definition) is 3. The van der Waals surface area contributed by atoms with Gasteiger partial charge in [0.15, 0.2) is 0 Å². The minimum absolute atomic E-state index is 0.274. The van der Waals surface area contributed by atoms with E-state index in [0.29, 0.717) is 6.42 Å². The van der Waals surface area contributed by atoms with Gasteiger partial charge in [-0.2, -0.15) is 8.42 Å². The summed E-state index contributed by atoms with van der Waals surface area (Å²) in [5.41, 5.74) is 0. The number of aliphatic hydroxyl groups is 1. The van der Waals surface area contributed by atoms with E-state index in [1.54, 1.807) is 6.08 Å². The van der Waals surface area contributed by atoms with Crippen molar-refractivity contribution < 1.29 is 22.9 Å². The summed E-state index contributed by atoms with van der Waals surface area (Å²) >= 11 is 0. The predicted octanol–water partition coefficient (Wildman–Crippen LogP) is 13.0. The van der Waals surface area contributed by atoms with Gasteiger partial charge in [-0.3, -0.25) is 9.35 Å². The van der Waals surface area contributed by atoms with Gasteiger partial charge in [0.25, 0.3) is 10.1 Å². The van der Waals surface area contributed by atoms with Gasteiger partial charge >= 0.3 is 0 Å². The number of nitrogens with one attached hydrogen (secondary N) is 1. The van der Waals surface area contributed by atoms with Gasteiger partial charge in [0.1, 0.15) is 0 Å². The smallest absolute Gasteiger partial charge is 0.267 e. The lowest BCUT2D eigenvalue weighted by atomic mass is 10.0. The largest absolute Gasteiger partial charge is 0.387 e. The van der Waals surface area contributed by atoms with E-state index in [9.17, 15) is 22.9 Å². The summed E-state index contributed by atoms with van der Waals surface area (Å²) in [5, 5.41) is 13.3. The van der Waals surface area contributed by atoms with Crippen LogP contribution in [0, 0.1) is 0 Å². The van der Waals surface area contributed by atoms with Crippen LogP contribution in [0.15, 0.2) is 12.2 Å². The van der Waals surface area contributed by atoms with Gasteiger partial charge in [0, 0.05) is 6.42 Å². The Morgan fingerprint density at radius 2 is 0.820 bits per heavy atom. The van der Waals surface area contributed by atoms with E-state index < -0.39 is 28.0 Å². The first-order chi connectivity index (χ1) is 24.3. The summed E-state index contributed by atoms with van der Waals surface area (Å²) in [6.07, 6.45) is 46.3. The maximum absolute atomic E-state index is 12.5. The van der Waals surface area contributed by atoms with E-state index in [1.165, 1.54) is 180 Å². The average Bonchev–Trinajstić information content (AvgIpc) is 3.08. The predicted molar refractivity (Wildman–Crippen MR) is 216 cm³/mol. The van der Waals surface area contributed by atoms with Crippen LogP contribution in [0.2, 0.25) is 0 Å².